The van der Waals surface area contributed by atoms with E-state index >= 15 is 0 Å². The van der Waals surface area contributed by atoms with Gasteiger partial charge in [0.25, 0.3) is 0 Å². The molecule has 1 aliphatic heterocycles. The first kappa shape index (κ1) is 19.6. The smallest absolute Gasteiger partial charge is 0.333 e. The molecule has 1 saturated heterocycles. The quantitative estimate of drug-likeness (QED) is 0.335. The second-order valence-corrected chi connectivity index (χ2v) is 10.3. The van der Waals surface area contributed by atoms with Crippen LogP contribution in [0.5, 0.6) is 0 Å². The predicted molar refractivity (Wildman–Crippen MR) is 111 cm³/mol. The lowest BCUT2D eigenvalue weighted by Gasteiger charge is -2.35. The molecule has 1 aliphatic carbocycles. The molecule has 0 radical (unpaired) electrons. The van der Waals surface area contributed by atoms with Crippen molar-refractivity contribution in [1.29, 1.82) is 0 Å². The van der Waals surface area contributed by atoms with E-state index in [2.05, 4.69) is 10.4 Å². The van der Waals surface area contributed by atoms with Crippen molar-refractivity contribution in [3.8, 4) is 0 Å². The molecular weight excluding hydrogens is 388 g/mol. The van der Waals surface area contributed by atoms with Gasteiger partial charge in [0.05, 0.1) is 11.0 Å². The molecule has 1 aromatic heterocycles. The lowest BCUT2D eigenvalue weighted by Crippen LogP contribution is -2.57. The van der Waals surface area contributed by atoms with Gasteiger partial charge in [-0.15, -0.1) is 11.3 Å². The van der Waals surface area contributed by atoms with Crippen LogP contribution in [0.2, 0.25) is 0 Å². The molecule has 0 spiro atoms. The second kappa shape index (κ2) is 8.24. The molecule has 1 atom stereocenters. The third-order valence-corrected chi connectivity index (χ3v) is 6.96. The van der Waals surface area contributed by atoms with E-state index < -0.39 is 16.9 Å². The van der Waals surface area contributed by atoms with E-state index in [1.807, 2.05) is 31.4 Å². The molecule has 2 amide bonds. The summed E-state index contributed by atoms with van der Waals surface area (Å²) in [6.45, 7) is 3.90. The molecule has 9 heteroatoms. The van der Waals surface area contributed by atoms with Gasteiger partial charge in [-0.2, -0.15) is 10.2 Å². The van der Waals surface area contributed by atoms with E-state index in [1.54, 1.807) is 22.6 Å². The van der Waals surface area contributed by atoms with Crippen LogP contribution in [0, 0.1) is 0 Å². The summed E-state index contributed by atoms with van der Waals surface area (Å²) in [7, 11) is 0. The lowest BCUT2D eigenvalue weighted by atomic mass is 9.96. The third-order valence-electron chi connectivity index (χ3n) is 4.62. The summed E-state index contributed by atoms with van der Waals surface area (Å²) in [5.41, 5.74) is 0. The van der Waals surface area contributed by atoms with Crippen molar-refractivity contribution < 1.29 is 10.0 Å². The van der Waals surface area contributed by atoms with E-state index in [0.29, 0.717) is 4.32 Å². The number of amides is 2. The fourth-order valence-corrected chi connectivity index (χ4v) is 5.68. The monoisotopic (exact) mass is 412 g/mol. The minimum atomic E-state index is -0.667. The molecule has 2 fully saturated rings. The van der Waals surface area contributed by atoms with Gasteiger partial charge in [0.1, 0.15) is 0 Å². The van der Waals surface area contributed by atoms with Crippen molar-refractivity contribution in [3.63, 3.8) is 0 Å². The van der Waals surface area contributed by atoms with Crippen LogP contribution in [0.25, 0.3) is 0 Å². The van der Waals surface area contributed by atoms with Crippen molar-refractivity contribution in [2.45, 2.75) is 62.9 Å². The second-order valence-electron chi connectivity index (χ2n) is 7.08. The predicted octanol–water partition coefficient (Wildman–Crippen LogP) is 4.25. The van der Waals surface area contributed by atoms with Crippen LogP contribution >= 0.6 is 35.3 Å². The number of nitrogens with zero attached hydrogens (tertiary/aromatic N) is 3. The van der Waals surface area contributed by atoms with Crippen molar-refractivity contribution in [2.75, 3.05) is 0 Å². The normalized spacial score (nSPS) is 23.6. The summed E-state index contributed by atoms with van der Waals surface area (Å²) in [6.07, 6.45) is 6.40. The Hall–Kier alpha value is -1.16. The summed E-state index contributed by atoms with van der Waals surface area (Å²) in [6, 6.07) is 3.53. The Balaban J connectivity index is 1.74. The zero-order chi connectivity index (χ0) is 18.7. The minimum absolute atomic E-state index is 0.123. The minimum Gasteiger partial charge on any atom is -0.333 e. The molecular formula is C17H24N4O2S3. The Labute approximate surface area is 167 Å². The van der Waals surface area contributed by atoms with Gasteiger partial charge < -0.3 is 5.32 Å². The maximum absolute atomic E-state index is 12.6. The number of rotatable bonds is 4. The number of hydrogen-bond acceptors (Lipinski definition) is 6. The Morgan fingerprint density at radius 3 is 2.85 bits per heavy atom. The SMILES string of the molecule is CC1(C)SC(=S)N(/N=C\c2cccs2)[C@@H]1N(O)C(=O)NC1CCCCC1. The molecule has 0 aromatic carbocycles. The van der Waals surface area contributed by atoms with Gasteiger partial charge in [-0.05, 0) is 38.1 Å². The highest BCUT2D eigenvalue weighted by molar-refractivity contribution is 8.24. The highest BCUT2D eigenvalue weighted by atomic mass is 32.2. The van der Waals surface area contributed by atoms with Crippen molar-refractivity contribution in [1.82, 2.24) is 15.4 Å². The molecule has 142 valence electrons. The largest absolute Gasteiger partial charge is 0.343 e. The number of thiocarbonyl (C=S) groups is 1. The first-order chi connectivity index (χ1) is 12.4. The Morgan fingerprint density at radius 1 is 1.46 bits per heavy atom. The van der Waals surface area contributed by atoms with Gasteiger partial charge in [-0.3, -0.25) is 5.21 Å². The number of urea groups is 1. The molecule has 2 heterocycles. The van der Waals surface area contributed by atoms with Crippen molar-refractivity contribution >= 4 is 51.9 Å². The topological polar surface area (TPSA) is 68.2 Å². The zero-order valence-electron chi connectivity index (χ0n) is 14.9. The fourth-order valence-electron chi connectivity index (χ4n) is 3.31. The molecule has 1 saturated carbocycles. The highest BCUT2D eigenvalue weighted by Gasteiger charge is 2.50. The van der Waals surface area contributed by atoms with Crippen LogP contribution in [-0.4, -0.2) is 48.8 Å². The van der Waals surface area contributed by atoms with E-state index in [4.69, 9.17) is 12.2 Å². The van der Waals surface area contributed by atoms with Gasteiger partial charge >= 0.3 is 6.03 Å². The molecule has 6 nitrogen and oxygen atoms in total. The van der Waals surface area contributed by atoms with Gasteiger partial charge in [-0.25, -0.2) is 9.80 Å². The van der Waals surface area contributed by atoms with Gasteiger partial charge in [0.15, 0.2) is 10.5 Å². The summed E-state index contributed by atoms with van der Waals surface area (Å²) in [5.74, 6) is 0. The summed E-state index contributed by atoms with van der Waals surface area (Å²) in [4.78, 5) is 13.6. The Morgan fingerprint density at radius 2 is 2.19 bits per heavy atom. The van der Waals surface area contributed by atoms with E-state index in [9.17, 15) is 10.0 Å². The number of thiophene rings is 1. The van der Waals surface area contributed by atoms with E-state index in [0.717, 1.165) is 35.6 Å². The van der Waals surface area contributed by atoms with Gasteiger partial charge in [0.2, 0.25) is 0 Å². The average Bonchev–Trinajstić information content (AvgIpc) is 3.18. The number of hydrazone groups is 1. The first-order valence-corrected chi connectivity index (χ1v) is 10.9. The van der Waals surface area contributed by atoms with Gasteiger partial charge in [0, 0.05) is 10.9 Å². The van der Waals surface area contributed by atoms with Crippen LogP contribution in [0.15, 0.2) is 22.6 Å². The lowest BCUT2D eigenvalue weighted by molar-refractivity contribution is -0.119. The number of nitrogens with one attached hydrogen (secondary N) is 1. The van der Waals surface area contributed by atoms with Crippen LogP contribution in [0.1, 0.15) is 50.8 Å². The standard InChI is InChI=1S/C17H24N4O2S3/c1-17(2)14(21(23)15(22)19-12-7-4-3-5-8-12)20(16(24)26-17)18-11-13-9-6-10-25-13/h6,9-12,14,23H,3-5,7-8H2,1-2H3,(H,19,22)/b18-11-/t14-/m1/s1. The summed E-state index contributed by atoms with van der Waals surface area (Å²) >= 11 is 8.44. The summed E-state index contributed by atoms with van der Waals surface area (Å²) < 4.78 is 0.0556. The maximum Gasteiger partial charge on any atom is 0.343 e. The molecule has 2 N–H and O–H groups in total. The molecule has 3 rings (SSSR count). The van der Waals surface area contributed by atoms with Crippen molar-refractivity contribution in [2.24, 2.45) is 5.10 Å². The van der Waals surface area contributed by atoms with Gasteiger partial charge in [-0.1, -0.05) is 49.3 Å². The van der Waals surface area contributed by atoms with Crippen LogP contribution in [0.4, 0.5) is 4.79 Å². The molecule has 0 bridgehead atoms. The first-order valence-electron chi connectivity index (χ1n) is 8.77. The number of carbonyl (C=O) groups is 1. The summed E-state index contributed by atoms with van der Waals surface area (Å²) in [5, 5.41) is 22.3. The Kier molecular flexibility index (Phi) is 6.21. The zero-order valence-corrected chi connectivity index (χ0v) is 17.4. The van der Waals surface area contributed by atoms with Crippen LogP contribution in [-0.2, 0) is 0 Å². The van der Waals surface area contributed by atoms with E-state index in [1.165, 1.54) is 18.2 Å². The number of thioether (sulfide) groups is 1. The van der Waals surface area contributed by atoms with Crippen LogP contribution in [0.3, 0.4) is 0 Å². The highest BCUT2D eigenvalue weighted by Crippen LogP contribution is 2.42. The maximum atomic E-state index is 12.6. The fraction of sp³-hybridized carbons (Fsp3) is 0.588. The average molecular weight is 413 g/mol. The number of hydroxylamine groups is 2. The van der Waals surface area contributed by atoms with E-state index in [-0.39, 0.29) is 6.04 Å². The molecule has 1 aromatic rings. The number of hydrogen-bond donors (Lipinski definition) is 2. The van der Waals surface area contributed by atoms with Crippen LogP contribution < -0.4 is 5.32 Å². The molecule has 2 aliphatic rings. The Bertz CT molecular complexity index is 672. The van der Waals surface area contributed by atoms with Crippen molar-refractivity contribution in [3.05, 3.63) is 22.4 Å². The third kappa shape index (κ3) is 4.39. The molecule has 26 heavy (non-hydrogen) atoms. The molecule has 0 unspecified atom stereocenters. The number of carbonyl (C=O) groups excluding carboxylic acids is 1.